The number of benzene rings is 2. The first-order valence-electron chi connectivity index (χ1n) is 11.6. The van der Waals surface area contributed by atoms with Crippen molar-refractivity contribution in [2.24, 2.45) is 4.99 Å². The van der Waals surface area contributed by atoms with Crippen LogP contribution in [0, 0.1) is 0 Å². The molecule has 3 heterocycles. The highest BCUT2D eigenvalue weighted by atomic mass is 79.9. The third kappa shape index (κ3) is 5.14. The molecule has 1 aliphatic rings. The van der Waals surface area contributed by atoms with Crippen LogP contribution in [0.5, 0.6) is 0 Å². The predicted octanol–water partition coefficient (Wildman–Crippen LogP) is 5.86. The molecule has 2 aromatic heterocycles. The Morgan fingerprint density at radius 3 is 2.65 bits per heavy atom. The number of rotatable bonds is 5. The summed E-state index contributed by atoms with van der Waals surface area (Å²) < 4.78 is 14.5. The van der Waals surface area contributed by atoms with Crippen LogP contribution in [-0.2, 0) is 9.53 Å². The van der Waals surface area contributed by atoms with E-state index in [-0.39, 0.29) is 11.7 Å². The molecule has 0 spiro atoms. The first-order chi connectivity index (χ1) is 17.7. The molecule has 0 bridgehead atoms. The highest BCUT2D eigenvalue weighted by Gasteiger charge is 2.33. The Balaban J connectivity index is 1.63. The van der Waals surface area contributed by atoms with Crippen LogP contribution >= 0.6 is 38.9 Å². The average Bonchev–Trinajstić information content (AvgIpc) is 3.43. The number of carbonyl (C=O) groups is 1. The van der Waals surface area contributed by atoms with Gasteiger partial charge < -0.3 is 9.15 Å². The van der Waals surface area contributed by atoms with Crippen LogP contribution in [0.1, 0.15) is 38.1 Å². The van der Waals surface area contributed by atoms with Crippen molar-refractivity contribution >= 4 is 50.9 Å². The van der Waals surface area contributed by atoms with Crippen LogP contribution in [-0.4, -0.2) is 16.6 Å². The predicted molar refractivity (Wildman–Crippen MR) is 148 cm³/mol. The second-order valence-corrected chi connectivity index (χ2v) is 11.2. The van der Waals surface area contributed by atoms with Gasteiger partial charge in [0.2, 0.25) is 0 Å². The molecule has 0 aliphatic carbocycles. The molecule has 0 fully saturated rings. The lowest BCUT2D eigenvalue weighted by Gasteiger charge is -2.25. The Morgan fingerprint density at radius 2 is 1.95 bits per heavy atom. The van der Waals surface area contributed by atoms with E-state index in [1.165, 1.54) is 11.3 Å². The standard InChI is InChI=1S/C28H22BrClN2O4S/c1-15(2)35-27(34)24-16(3)31-28-32(25(24)17-7-9-20(30)10-8-17)26(33)23(37-28)14-21-11-12-22(36-21)18-5-4-6-19(29)13-18/h4-15,25H,1-3H3/b23-14-/t25-/m1/s1. The van der Waals surface area contributed by atoms with Gasteiger partial charge in [0.1, 0.15) is 11.5 Å². The summed E-state index contributed by atoms with van der Waals surface area (Å²) >= 11 is 10.8. The van der Waals surface area contributed by atoms with Crippen molar-refractivity contribution in [1.82, 2.24) is 4.57 Å². The second kappa shape index (κ2) is 10.3. The molecule has 0 radical (unpaired) electrons. The van der Waals surface area contributed by atoms with Crippen molar-refractivity contribution in [2.75, 3.05) is 0 Å². The monoisotopic (exact) mass is 596 g/mol. The Hall–Kier alpha value is -3.20. The van der Waals surface area contributed by atoms with Gasteiger partial charge in [0.05, 0.1) is 27.9 Å². The Labute approximate surface area is 230 Å². The lowest BCUT2D eigenvalue weighted by molar-refractivity contribution is -0.143. The molecule has 9 heteroatoms. The van der Waals surface area contributed by atoms with Gasteiger partial charge in [-0.1, -0.05) is 63.1 Å². The van der Waals surface area contributed by atoms with E-state index < -0.39 is 12.0 Å². The first kappa shape index (κ1) is 25.4. The van der Waals surface area contributed by atoms with Crippen LogP contribution in [0.25, 0.3) is 17.4 Å². The zero-order valence-corrected chi connectivity index (χ0v) is 23.4. The van der Waals surface area contributed by atoms with Crippen molar-refractivity contribution in [1.29, 1.82) is 0 Å². The topological polar surface area (TPSA) is 73.8 Å². The Kier molecular flexibility index (Phi) is 7.07. The SMILES string of the molecule is CC1=C(C(=O)OC(C)C)[C@@H](c2ccc(Cl)cc2)n2c(s/c(=C\c3ccc(-c4cccc(Br)c4)o3)c2=O)=N1. The molecule has 188 valence electrons. The van der Waals surface area contributed by atoms with Crippen LogP contribution in [0.2, 0.25) is 5.02 Å². The summed E-state index contributed by atoms with van der Waals surface area (Å²) in [6.07, 6.45) is 1.39. The number of thiazole rings is 1. The molecule has 0 N–H and O–H groups in total. The molecule has 2 aromatic carbocycles. The van der Waals surface area contributed by atoms with E-state index in [4.69, 9.17) is 20.8 Å². The van der Waals surface area contributed by atoms with Crippen molar-refractivity contribution in [3.8, 4) is 11.3 Å². The highest BCUT2D eigenvalue weighted by Crippen LogP contribution is 2.31. The fourth-order valence-corrected chi connectivity index (χ4v) is 5.73. The maximum Gasteiger partial charge on any atom is 0.338 e. The number of esters is 1. The zero-order valence-electron chi connectivity index (χ0n) is 20.2. The zero-order chi connectivity index (χ0) is 26.3. The number of carbonyl (C=O) groups excluding carboxylic acids is 1. The lowest BCUT2D eigenvalue weighted by atomic mass is 9.96. The minimum absolute atomic E-state index is 0.272. The van der Waals surface area contributed by atoms with Crippen LogP contribution < -0.4 is 14.9 Å². The Morgan fingerprint density at radius 1 is 1.19 bits per heavy atom. The number of hydrogen-bond donors (Lipinski definition) is 0. The van der Waals surface area contributed by atoms with Gasteiger partial charge in [-0.25, -0.2) is 9.79 Å². The molecule has 1 atom stereocenters. The molecule has 37 heavy (non-hydrogen) atoms. The van der Waals surface area contributed by atoms with Crippen LogP contribution in [0.4, 0.5) is 0 Å². The van der Waals surface area contributed by atoms with Gasteiger partial charge in [-0.05, 0) is 62.7 Å². The van der Waals surface area contributed by atoms with Crippen molar-refractivity contribution < 1.29 is 13.9 Å². The van der Waals surface area contributed by atoms with Gasteiger partial charge in [0.25, 0.3) is 5.56 Å². The summed E-state index contributed by atoms with van der Waals surface area (Å²) in [5.41, 5.74) is 2.21. The summed E-state index contributed by atoms with van der Waals surface area (Å²) in [7, 11) is 0. The van der Waals surface area contributed by atoms with E-state index in [9.17, 15) is 9.59 Å². The molecule has 0 saturated heterocycles. The van der Waals surface area contributed by atoms with Crippen LogP contribution in [0.15, 0.2) is 90.6 Å². The summed E-state index contributed by atoms with van der Waals surface area (Å²) in [6.45, 7) is 5.33. The fourth-order valence-electron chi connectivity index (χ4n) is 4.18. The molecule has 1 aliphatic heterocycles. The molecular weight excluding hydrogens is 576 g/mol. The van der Waals surface area contributed by atoms with E-state index in [0.717, 1.165) is 15.6 Å². The van der Waals surface area contributed by atoms with E-state index in [2.05, 4.69) is 20.9 Å². The number of furan rings is 1. The van der Waals surface area contributed by atoms with Gasteiger partial charge in [0, 0.05) is 21.1 Å². The number of fused-ring (bicyclic) bond motifs is 1. The third-order valence-electron chi connectivity index (χ3n) is 5.78. The normalized spacial score (nSPS) is 15.6. The van der Waals surface area contributed by atoms with Gasteiger partial charge in [-0.15, -0.1) is 0 Å². The van der Waals surface area contributed by atoms with E-state index in [1.54, 1.807) is 43.5 Å². The minimum atomic E-state index is -0.698. The molecule has 0 amide bonds. The summed E-state index contributed by atoms with van der Waals surface area (Å²) in [4.78, 5) is 32.0. The summed E-state index contributed by atoms with van der Waals surface area (Å²) in [5.74, 6) is 0.725. The molecule has 4 aromatic rings. The molecule has 0 saturated carbocycles. The van der Waals surface area contributed by atoms with Gasteiger partial charge in [0.15, 0.2) is 4.80 Å². The maximum absolute atomic E-state index is 13.7. The number of allylic oxidation sites excluding steroid dienone is 1. The summed E-state index contributed by atoms with van der Waals surface area (Å²) in [6, 6.07) is 17.9. The van der Waals surface area contributed by atoms with E-state index >= 15 is 0 Å². The number of nitrogens with zero attached hydrogens (tertiary/aromatic N) is 2. The van der Waals surface area contributed by atoms with Gasteiger partial charge in [-0.3, -0.25) is 9.36 Å². The second-order valence-electron chi connectivity index (χ2n) is 8.80. The van der Waals surface area contributed by atoms with Crippen molar-refractivity contribution in [2.45, 2.75) is 32.9 Å². The first-order valence-corrected chi connectivity index (χ1v) is 13.5. The molecule has 0 unspecified atom stereocenters. The average molecular weight is 598 g/mol. The van der Waals surface area contributed by atoms with E-state index in [0.29, 0.717) is 37.1 Å². The lowest BCUT2D eigenvalue weighted by Crippen LogP contribution is -2.40. The Bertz CT molecular complexity index is 1710. The fraction of sp³-hybridized carbons (Fsp3) is 0.179. The van der Waals surface area contributed by atoms with Crippen LogP contribution in [0.3, 0.4) is 0 Å². The third-order valence-corrected chi connectivity index (χ3v) is 7.51. The molecular formula is C28H22BrClN2O4S. The number of halogens is 2. The maximum atomic E-state index is 13.7. The quantitative estimate of drug-likeness (QED) is 0.270. The molecule has 6 nitrogen and oxygen atoms in total. The summed E-state index contributed by atoms with van der Waals surface area (Å²) in [5, 5.41) is 0.558. The number of aromatic nitrogens is 1. The highest BCUT2D eigenvalue weighted by molar-refractivity contribution is 9.10. The van der Waals surface area contributed by atoms with Crippen molar-refractivity contribution in [3.63, 3.8) is 0 Å². The molecule has 5 rings (SSSR count). The number of ether oxygens (including phenoxy) is 1. The van der Waals surface area contributed by atoms with Gasteiger partial charge in [-0.2, -0.15) is 0 Å². The van der Waals surface area contributed by atoms with Crippen molar-refractivity contribution in [3.05, 3.63) is 112 Å². The van der Waals surface area contributed by atoms with E-state index in [1.807, 2.05) is 48.5 Å². The number of hydrogen-bond acceptors (Lipinski definition) is 6. The smallest absolute Gasteiger partial charge is 0.338 e. The largest absolute Gasteiger partial charge is 0.459 e. The van der Waals surface area contributed by atoms with Gasteiger partial charge >= 0.3 is 5.97 Å². The minimum Gasteiger partial charge on any atom is -0.459 e.